The average molecular weight is 696 g/mol. The first-order valence-electron chi connectivity index (χ1n) is 18.5. The van der Waals surface area contributed by atoms with Gasteiger partial charge in [-0.05, 0) is 136 Å². The zero-order valence-corrected chi connectivity index (χ0v) is 29.8. The van der Waals surface area contributed by atoms with E-state index in [1.807, 2.05) is 24.3 Å². The zero-order valence-electron chi connectivity index (χ0n) is 29.8. The van der Waals surface area contributed by atoms with Gasteiger partial charge in [0.05, 0.1) is 0 Å². The first-order chi connectivity index (χ1) is 26.7. The van der Waals surface area contributed by atoms with Gasteiger partial charge in [0.2, 0.25) is 0 Å². The van der Waals surface area contributed by atoms with Crippen LogP contribution in [-0.4, -0.2) is 24.9 Å². The summed E-state index contributed by atoms with van der Waals surface area (Å²) in [5.41, 5.74) is 14.7. The van der Waals surface area contributed by atoms with E-state index in [1.54, 1.807) is 24.8 Å². The molecule has 258 valence electrons. The molecule has 0 fully saturated rings. The first kappa shape index (κ1) is 33.0. The van der Waals surface area contributed by atoms with Crippen molar-refractivity contribution in [2.75, 3.05) is 0 Å². The van der Waals surface area contributed by atoms with Crippen LogP contribution in [0.5, 0.6) is 0 Å². The normalized spacial score (nSPS) is 13.7. The van der Waals surface area contributed by atoms with Crippen LogP contribution in [0.2, 0.25) is 0 Å². The maximum Gasteiger partial charge on any atom is 0.164 e. The molecule has 3 heterocycles. The minimum Gasteiger partial charge on any atom is -0.265 e. The zero-order chi connectivity index (χ0) is 36.1. The van der Waals surface area contributed by atoms with Crippen LogP contribution in [0.15, 0.2) is 177 Å². The second-order valence-corrected chi connectivity index (χ2v) is 13.6. The number of aromatic nitrogens is 5. The third-order valence-corrected chi connectivity index (χ3v) is 9.97. The molecule has 0 saturated carbocycles. The predicted octanol–water partition coefficient (Wildman–Crippen LogP) is 12.1. The molecule has 0 atom stereocenters. The highest BCUT2D eigenvalue weighted by Crippen LogP contribution is 2.36. The Morgan fingerprint density at radius 2 is 0.685 bits per heavy atom. The van der Waals surface area contributed by atoms with Gasteiger partial charge in [-0.1, -0.05) is 97.1 Å². The summed E-state index contributed by atoms with van der Waals surface area (Å²) >= 11 is 0. The van der Waals surface area contributed by atoms with Crippen LogP contribution in [0.1, 0.15) is 36.8 Å². The van der Waals surface area contributed by atoms with Crippen molar-refractivity contribution in [1.82, 2.24) is 24.9 Å². The smallest absolute Gasteiger partial charge is 0.164 e. The molecule has 0 radical (unpaired) electrons. The van der Waals surface area contributed by atoms with Gasteiger partial charge in [0.1, 0.15) is 0 Å². The molecular formula is C49H37N5. The molecule has 3 aromatic heterocycles. The number of allylic oxidation sites excluding steroid dienone is 8. The molecule has 2 aliphatic rings. The number of pyridine rings is 2. The van der Waals surface area contributed by atoms with Crippen LogP contribution in [0.3, 0.4) is 0 Å². The van der Waals surface area contributed by atoms with Crippen LogP contribution in [0, 0.1) is 0 Å². The lowest BCUT2D eigenvalue weighted by atomic mass is 9.90. The molecule has 7 aromatic rings. The van der Waals surface area contributed by atoms with E-state index in [-0.39, 0.29) is 0 Å². The lowest BCUT2D eigenvalue weighted by molar-refractivity contribution is 1.04. The molecule has 0 saturated heterocycles. The standard InChI is InChI=1S/C49H37N5/c1-3-9-34(10-4-1)40-13-7-15-42(29-40)45-31-44(32-46(33-45)43-16-8-14-41(30-43)35-11-5-2-6-12-35)36-17-19-37(20-18-36)47-52-48(38-21-25-50-26-22-38)54-49(53-47)39-23-27-51-28-24-39/h3,5,7-33H,1-2,4,6H2. The van der Waals surface area contributed by atoms with Gasteiger partial charge in [-0.25, -0.2) is 15.0 Å². The molecule has 5 heteroatoms. The molecule has 0 unspecified atom stereocenters. The van der Waals surface area contributed by atoms with E-state index >= 15 is 0 Å². The van der Waals surface area contributed by atoms with Crippen LogP contribution in [0.4, 0.5) is 0 Å². The lowest BCUT2D eigenvalue weighted by Crippen LogP contribution is -2.00. The second kappa shape index (κ2) is 15.0. The molecule has 2 aliphatic carbocycles. The fourth-order valence-electron chi connectivity index (χ4n) is 7.12. The van der Waals surface area contributed by atoms with Gasteiger partial charge >= 0.3 is 0 Å². The van der Waals surface area contributed by atoms with Gasteiger partial charge in [-0.15, -0.1) is 0 Å². The van der Waals surface area contributed by atoms with Crippen molar-refractivity contribution in [3.63, 3.8) is 0 Å². The van der Waals surface area contributed by atoms with Crippen LogP contribution in [-0.2, 0) is 0 Å². The number of rotatable bonds is 8. The summed E-state index contributed by atoms with van der Waals surface area (Å²) in [6.45, 7) is 0. The van der Waals surface area contributed by atoms with Gasteiger partial charge < -0.3 is 0 Å². The molecule has 0 amide bonds. The summed E-state index contributed by atoms with van der Waals surface area (Å²) in [4.78, 5) is 23.0. The maximum absolute atomic E-state index is 4.92. The summed E-state index contributed by atoms with van der Waals surface area (Å²) in [6, 6.07) is 41.0. The first-order valence-corrected chi connectivity index (χ1v) is 18.5. The van der Waals surface area contributed by atoms with Crippen molar-refractivity contribution in [3.8, 4) is 67.5 Å². The molecule has 0 aliphatic heterocycles. The highest BCUT2D eigenvalue weighted by Gasteiger charge is 2.14. The molecule has 9 rings (SSSR count). The topological polar surface area (TPSA) is 64.5 Å². The van der Waals surface area contributed by atoms with Gasteiger partial charge in [0.25, 0.3) is 0 Å². The van der Waals surface area contributed by atoms with Gasteiger partial charge in [0, 0.05) is 41.5 Å². The van der Waals surface area contributed by atoms with E-state index in [0.717, 1.165) is 53.5 Å². The van der Waals surface area contributed by atoms with Gasteiger partial charge in [-0.2, -0.15) is 0 Å². The maximum atomic E-state index is 4.92. The fraction of sp³-hybridized carbons (Fsp3) is 0.0816. The summed E-state index contributed by atoms with van der Waals surface area (Å²) in [5.74, 6) is 1.80. The Bertz CT molecular complexity index is 2430. The van der Waals surface area contributed by atoms with Crippen molar-refractivity contribution in [1.29, 1.82) is 0 Å². The molecule has 0 spiro atoms. The van der Waals surface area contributed by atoms with Crippen molar-refractivity contribution < 1.29 is 0 Å². The Hall–Kier alpha value is -6.85. The summed E-state index contributed by atoms with van der Waals surface area (Å²) in [6.07, 6.45) is 25.1. The van der Waals surface area contributed by atoms with Crippen LogP contribution >= 0.6 is 0 Å². The quantitative estimate of drug-likeness (QED) is 0.158. The predicted molar refractivity (Wildman–Crippen MR) is 221 cm³/mol. The van der Waals surface area contributed by atoms with Crippen LogP contribution in [0.25, 0.3) is 78.7 Å². The lowest BCUT2D eigenvalue weighted by Gasteiger charge is -2.15. The number of nitrogens with zero attached hydrogens (tertiary/aromatic N) is 5. The highest BCUT2D eigenvalue weighted by atomic mass is 15.0. The molecular weight excluding hydrogens is 659 g/mol. The van der Waals surface area contributed by atoms with Crippen molar-refractivity contribution >= 4 is 11.1 Å². The Morgan fingerprint density at radius 3 is 1.11 bits per heavy atom. The van der Waals surface area contributed by atoms with Crippen LogP contribution < -0.4 is 0 Å². The van der Waals surface area contributed by atoms with E-state index in [2.05, 4.69) is 137 Å². The molecule has 0 bridgehead atoms. The van der Waals surface area contributed by atoms with Crippen molar-refractivity contribution in [3.05, 3.63) is 188 Å². The Balaban J connectivity index is 1.13. The average Bonchev–Trinajstić information content (AvgIpc) is 3.27. The highest BCUT2D eigenvalue weighted by molar-refractivity contribution is 5.85. The van der Waals surface area contributed by atoms with E-state index in [0.29, 0.717) is 17.5 Å². The largest absolute Gasteiger partial charge is 0.265 e. The van der Waals surface area contributed by atoms with Crippen molar-refractivity contribution in [2.45, 2.75) is 25.7 Å². The van der Waals surface area contributed by atoms with Crippen molar-refractivity contribution in [2.24, 2.45) is 0 Å². The van der Waals surface area contributed by atoms with E-state index in [9.17, 15) is 0 Å². The third kappa shape index (κ3) is 7.12. The Morgan fingerprint density at radius 1 is 0.315 bits per heavy atom. The molecule has 5 nitrogen and oxygen atoms in total. The summed E-state index contributed by atoms with van der Waals surface area (Å²) < 4.78 is 0. The van der Waals surface area contributed by atoms with Gasteiger partial charge in [0.15, 0.2) is 17.5 Å². The number of hydrogen-bond donors (Lipinski definition) is 0. The SMILES string of the molecule is C1=CC(c2cccc(-c3cc(-c4ccc(-c5nc(-c6ccncc6)nc(-c6ccncc6)n5)cc4)cc(-c4cccc(C5=CCCC=C5)c4)c3)c2)=CCC1. The molecule has 0 N–H and O–H groups in total. The monoisotopic (exact) mass is 695 g/mol. The van der Waals surface area contributed by atoms with Gasteiger partial charge in [-0.3, -0.25) is 9.97 Å². The minimum absolute atomic E-state index is 0.596. The van der Waals surface area contributed by atoms with E-state index < -0.39 is 0 Å². The van der Waals surface area contributed by atoms with E-state index in [4.69, 9.17) is 15.0 Å². The second-order valence-electron chi connectivity index (χ2n) is 13.6. The fourth-order valence-corrected chi connectivity index (χ4v) is 7.12. The number of hydrogen-bond acceptors (Lipinski definition) is 5. The summed E-state index contributed by atoms with van der Waals surface area (Å²) in [5, 5.41) is 0. The summed E-state index contributed by atoms with van der Waals surface area (Å²) in [7, 11) is 0. The van der Waals surface area contributed by atoms with E-state index in [1.165, 1.54) is 44.5 Å². The Labute approximate surface area is 315 Å². The number of benzene rings is 4. The molecule has 4 aromatic carbocycles. The Kier molecular flexibility index (Phi) is 9.18. The third-order valence-electron chi connectivity index (χ3n) is 9.97. The minimum atomic E-state index is 0.596. The molecule has 54 heavy (non-hydrogen) atoms.